The van der Waals surface area contributed by atoms with Crippen LogP contribution >= 0.6 is 0 Å². The summed E-state index contributed by atoms with van der Waals surface area (Å²) in [4.78, 5) is 20.0. The quantitative estimate of drug-likeness (QED) is 0.765. The van der Waals surface area contributed by atoms with E-state index in [1.165, 1.54) is 0 Å². The number of hydrogen-bond acceptors (Lipinski definition) is 6. The Kier molecular flexibility index (Phi) is 4.67. The minimum Gasteiger partial charge on any atom is -0.332 e. The predicted octanol–water partition coefficient (Wildman–Crippen LogP) is 2.69. The number of piperidine rings is 1. The van der Waals surface area contributed by atoms with Gasteiger partial charge in [-0.25, -0.2) is 14.2 Å². The van der Waals surface area contributed by atoms with E-state index in [4.69, 9.17) is 0 Å². The summed E-state index contributed by atoms with van der Waals surface area (Å²) in [5.74, 6) is 0.0646. The molecule has 0 spiro atoms. The third-order valence-corrected chi connectivity index (χ3v) is 7.40. The van der Waals surface area contributed by atoms with E-state index in [0.717, 1.165) is 42.3 Å². The van der Waals surface area contributed by atoms with Crippen LogP contribution in [0, 0.1) is 5.92 Å². The Hall–Kier alpha value is -2.62. The van der Waals surface area contributed by atoms with Gasteiger partial charge in [-0.05, 0) is 56.0 Å². The molecular formula is C23H26F2N6O. The first kappa shape index (κ1) is 20.0. The number of hydrazine groups is 2. The van der Waals surface area contributed by atoms with E-state index in [0.29, 0.717) is 5.56 Å². The van der Waals surface area contributed by atoms with E-state index in [-0.39, 0.29) is 30.2 Å². The molecule has 0 aliphatic carbocycles. The van der Waals surface area contributed by atoms with Crippen LogP contribution in [0.5, 0.6) is 0 Å². The molecule has 5 atom stereocenters. The summed E-state index contributed by atoms with van der Waals surface area (Å²) in [6.07, 6.45) is 4.25. The van der Waals surface area contributed by atoms with E-state index in [1.807, 2.05) is 52.4 Å². The standard InChI is InChI=1S/C23H26F2N6O/c1-29-28-23-27-18(21(24)25)12-20(31(23)29)16-7-5-15-6-9-19(16)30(15)22(32)14-4-8-17-13(11-14)3-2-10-26-17/h2-4,8,10-12,15-16,18-19,21,23,27-28H,5-7,9H2,1H3/t15-,16-,18?,19-,23?/m0/s1. The summed E-state index contributed by atoms with van der Waals surface area (Å²) in [7, 11) is 1.88. The molecule has 4 aliphatic heterocycles. The molecule has 1 aromatic heterocycles. The molecule has 168 valence electrons. The van der Waals surface area contributed by atoms with Crippen LogP contribution < -0.4 is 10.7 Å². The fourth-order valence-corrected chi connectivity index (χ4v) is 5.94. The molecular weight excluding hydrogens is 414 g/mol. The lowest BCUT2D eigenvalue weighted by atomic mass is 9.85. The van der Waals surface area contributed by atoms with Crippen LogP contribution in [0.1, 0.15) is 36.0 Å². The van der Waals surface area contributed by atoms with E-state index in [1.54, 1.807) is 12.3 Å². The fourth-order valence-electron chi connectivity index (χ4n) is 5.94. The lowest BCUT2D eigenvalue weighted by molar-refractivity contribution is -0.219. The van der Waals surface area contributed by atoms with Gasteiger partial charge in [0.1, 0.15) is 0 Å². The van der Waals surface area contributed by atoms with Crippen molar-refractivity contribution in [3.05, 3.63) is 53.9 Å². The van der Waals surface area contributed by atoms with Gasteiger partial charge in [-0.1, -0.05) is 6.07 Å². The minimum atomic E-state index is -2.48. The zero-order valence-corrected chi connectivity index (χ0v) is 17.8. The van der Waals surface area contributed by atoms with Crippen molar-refractivity contribution in [3.63, 3.8) is 0 Å². The summed E-state index contributed by atoms with van der Waals surface area (Å²) in [5.41, 5.74) is 5.52. The molecule has 2 bridgehead atoms. The second-order valence-electron chi connectivity index (χ2n) is 9.12. The Bertz CT molecular complexity index is 1090. The monoisotopic (exact) mass is 440 g/mol. The van der Waals surface area contributed by atoms with Gasteiger partial charge in [-0.2, -0.15) is 5.12 Å². The second-order valence-corrected chi connectivity index (χ2v) is 9.12. The highest BCUT2D eigenvalue weighted by molar-refractivity contribution is 5.98. The number of halogens is 2. The minimum absolute atomic E-state index is 0.0168. The zero-order chi connectivity index (χ0) is 22.0. The average molecular weight is 440 g/mol. The van der Waals surface area contributed by atoms with Gasteiger partial charge in [0.15, 0.2) is 6.29 Å². The number of fused-ring (bicyclic) bond motifs is 4. The molecule has 0 saturated carbocycles. The molecule has 9 heteroatoms. The van der Waals surface area contributed by atoms with Crippen LogP contribution in [0.4, 0.5) is 8.78 Å². The summed E-state index contributed by atoms with van der Waals surface area (Å²) in [6.45, 7) is 0. The van der Waals surface area contributed by atoms with Crippen molar-refractivity contribution >= 4 is 16.8 Å². The van der Waals surface area contributed by atoms with Gasteiger partial charge in [0, 0.05) is 47.9 Å². The number of carbonyl (C=O) groups excluding carboxylic acids is 1. The first-order valence-electron chi connectivity index (χ1n) is 11.2. The smallest absolute Gasteiger partial charge is 0.257 e. The van der Waals surface area contributed by atoms with E-state index >= 15 is 0 Å². The fraction of sp³-hybridized carbons (Fsp3) is 0.478. The molecule has 4 aliphatic rings. The maximum Gasteiger partial charge on any atom is 0.257 e. The van der Waals surface area contributed by atoms with E-state index in [9.17, 15) is 13.6 Å². The third-order valence-electron chi connectivity index (χ3n) is 7.40. The van der Waals surface area contributed by atoms with Crippen molar-refractivity contribution < 1.29 is 13.6 Å². The van der Waals surface area contributed by atoms with Crippen LogP contribution in [0.3, 0.4) is 0 Å². The first-order chi connectivity index (χ1) is 15.5. The number of carbonyl (C=O) groups is 1. The normalized spacial score (nSPS) is 32.1. The third kappa shape index (κ3) is 3.02. The van der Waals surface area contributed by atoms with Crippen molar-refractivity contribution in [3.8, 4) is 0 Å². The SMILES string of the molecule is CN1NC2NC(C(F)F)C=C([C@H]3CC[C@H]4CC[C@@H]3N4C(=O)c3ccc4ncccc4c3)N21. The van der Waals surface area contributed by atoms with Crippen LogP contribution in [0.2, 0.25) is 0 Å². The number of aromatic nitrogens is 1. The molecule has 2 aromatic rings. The van der Waals surface area contributed by atoms with Crippen LogP contribution in [0.15, 0.2) is 48.3 Å². The molecule has 2 N–H and O–H groups in total. The van der Waals surface area contributed by atoms with Gasteiger partial charge in [0.05, 0.1) is 11.6 Å². The van der Waals surface area contributed by atoms with E-state index < -0.39 is 12.5 Å². The number of hydrogen-bond donors (Lipinski definition) is 2. The van der Waals surface area contributed by atoms with Gasteiger partial charge in [0.2, 0.25) is 0 Å². The van der Waals surface area contributed by atoms with Crippen LogP contribution in [-0.2, 0) is 0 Å². The van der Waals surface area contributed by atoms with Crippen molar-refractivity contribution in [2.75, 3.05) is 7.05 Å². The molecule has 7 nitrogen and oxygen atoms in total. The lowest BCUT2D eigenvalue weighted by Crippen LogP contribution is -2.79. The van der Waals surface area contributed by atoms with Crippen molar-refractivity contribution in [1.82, 2.24) is 30.8 Å². The maximum atomic E-state index is 13.6. The molecule has 6 rings (SSSR count). The number of nitrogens with one attached hydrogen (secondary N) is 2. The van der Waals surface area contributed by atoms with Crippen molar-refractivity contribution in [1.29, 1.82) is 0 Å². The van der Waals surface area contributed by atoms with Gasteiger partial charge in [0.25, 0.3) is 12.3 Å². The van der Waals surface area contributed by atoms with Gasteiger partial charge < -0.3 is 4.90 Å². The Morgan fingerprint density at radius 1 is 1.19 bits per heavy atom. The summed E-state index contributed by atoms with van der Waals surface area (Å²) >= 11 is 0. The first-order valence-corrected chi connectivity index (χ1v) is 11.2. The van der Waals surface area contributed by atoms with Crippen molar-refractivity contribution in [2.45, 2.75) is 56.5 Å². The summed E-state index contributed by atoms with van der Waals surface area (Å²) in [6, 6.07) is 8.71. The number of alkyl halides is 2. The van der Waals surface area contributed by atoms with Gasteiger partial charge in [-0.15, -0.1) is 0 Å². The molecule has 1 amide bonds. The van der Waals surface area contributed by atoms with Crippen LogP contribution in [0.25, 0.3) is 10.9 Å². The number of pyridine rings is 1. The predicted molar refractivity (Wildman–Crippen MR) is 115 cm³/mol. The van der Waals surface area contributed by atoms with Gasteiger partial charge >= 0.3 is 0 Å². The molecule has 32 heavy (non-hydrogen) atoms. The largest absolute Gasteiger partial charge is 0.332 e. The highest BCUT2D eigenvalue weighted by Gasteiger charge is 2.51. The average Bonchev–Trinajstić information content (AvgIpc) is 3.09. The van der Waals surface area contributed by atoms with Crippen molar-refractivity contribution in [2.24, 2.45) is 5.92 Å². The second kappa shape index (κ2) is 7.47. The molecule has 0 radical (unpaired) electrons. The van der Waals surface area contributed by atoms with E-state index in [2.05, 4.69) is 15.7 Å². The number of amides is 1. The Morgan fingerprint density at radius 3 is 2.84 bits per heavy atom. The Morgan fingerprint density at radius 2 is 2.03 bits per heavy atom. The Balaban J connectivity index is 1.32. The van der Waals surface area contributed by atoms with Crippen LogP contribution in [-0.4, -0.2) is 63.8 Å². The molecule has 5 heterocycles. The molecule has 3 fully saturated rings. The number of nitrogens with zero attached hydrogens (tertiary/aromatic N) is 4. The maximum absolute atomic E-state index is 13.6. The number of rotatable bonds is 3. The Labute approximate surface area is 185 Å². The molecule has 2 unspecified atom stereocenters. The summed E-state index contributed by atoms with van der Waals surface area (Å²) < 4.78 is 27.2. The highest BCUT2D eigenvalue weighted by Crippen LogP contribution is 2.45. The molecule has 1 aromatic carbocycles. The topological polar surface area (TPSA) is 63.7 Å². The van der Waals surface area contributed by atoms with Gasteiger partial charge in [-0.3, -0.25) is 20.1 Å². The highest BCUT2D eigenvalue weighted by atomic mass is 19.3. The number of benzene rings is 1. The lowest BCUT2D eigenvalue weighted by Gasteiger charge is -2.57. The molecule has 3 saturated heterocycles. The summed E-state index contributed by atoms with van der Waals surface area (Å²) in [5, 5.41) is 7.71. The zero-order valence-electron chi connectivity index (χ0n) is 17.8.